The zero-order chi connectivity index (χ0) is 27.1. The van der Waals surface area contributed by atoms with Gasteiger partial charge in [0.15, 0.2) is 0 Å². The van der Waals surface area contributed by atoms with Crippen molar-refractivity contribution in [2.75, 3.05) is 40.4 Å². The highest BCUT2D eigenvalue weighted by molar-refractivity contribution is 6.02. The Balaban J connectivity index is 2.36. The Labute approximate surface area is 211 Å². The van der Waals surface area contributed by atoms with Crippen LogP contribution in [0.4, 0.5) is 0 Å². The van der Waals surface area contributed by atoms with Gasteiger partial charge < -0.3 is 29.5 Å². The number of unbranched alkanes of at least 4 members (excludes halogenated alkanes) is 4. The summed E-state index contributed by atoms with van der Waals surface area (Å²) < 4.78 is 11.5. The normalized spacial score (nSPS) is 10.5. The van der Waals surface area contributed by atoms with E-state index in [0.717, 1.165) is 32.1 Å². The van der Waals surface area contributed by atoms with Crippen molar-refractivity contribution >= 4 is 23.8 Å². The fourth-order valence-electron chi connectivity index (χ4n) is 3.42. The first-order valence-corrected chi connectivity index (χ1v) is 11.7. The van der Waals surface area contributed by atoms with Gasteiger partial charge in [0.1, 0.15) is 5.75 Å². The molecule has 0 aliphatic rings. The van der Waals surface area contributed by atoms with E-state index < -0.39 is 11.9 Å². The molecule has 1 aromatic rings. The Hall–Kier alpha value is -3.66. The van der Waals surface area contributed by atoms with Crippen LogP contribution in [-0.2, 0) is 14.3 Å². The lowest BCUT2D eigenvalue weighted by atomic mass is 10.1. The number of carboxylic acid groups (broad SMARTS) is 2. The van der Waals surface area contributed by atoms with E-state index in [4.69, 9.17) is 14.6 Å². The molecular weight excluding hydrogens is 468 g/mol. The molecular formula is C26H36N2O8. The molecule has 198 valence electrons. The molecule has 0 saturated heterocycles. The van der Waals surface area contributed by atoms with Crippen LogP contribution >= 0.6 is 0 Å². The van der Waals surface area contributed by atoms with E-state index in [-0.39, 0.29) is 29.0 Å². The second-order valence-electron chi connectivity index (χ2n) is 8.27. The van der Waals surface area contributed by atoms with E-state index in [9.17, 15) is 24.3 Å². The molecule has 2 amide bonds. The second kappa shape index (κ2) is 16.1. The monoisotopic (exact) mass is 504 g/mol. The number of benzene rings is 1. The third-order valence-electron chi connectivity index (χ3n) is 5.42. The molecule has 1 aromatic carbocycles. The molecule has 0 unspecified atom stereocenters. The summed E-state index contributed by atoms with van der Waals surface area (Å²) in [4.78, 5) is 48.9. The van der Waals surface area contributed by atoms with Crippen LogP contribution < -0.4 is 4.74 Å². The quantitative estimate of drug-likeness (QED) is 0.230. The van der Waals surface area contributed by atoms with Crippen LogP contribution in [0.15, 0.2) is 43.5 Å². The standard InChI is InChI=1S/C26H36N2O8/c1-5-23(29)27(3)17-20(18-28(4)24(30)6-2)36-15-11-9-7-8-10-14-35-19-12-13-21(25(31)32)22(16-19)26(33)34/h5-6,12-13,16,20H,1-2,7-11,14-15,17-18H2,3-4H3,(H,31,32)(H,33,34). The third kappa shape index (κ3) is 10.7. The summed E-state index contributed by atoms with van der Waals surface area (Å²) in [7, 11) is 3.31. The van der Waals surface area contributed by atoms with Crippen LogP contribution in [0.2, 0.25) is 0 Å². The van der Waals surface area contributed by atoms with Gasteiger partial charge >= 0.3 is 11.9 Å². The van der Waals surface area contributed by atoms with E-state index in [0.29, 0.717) is 32.1 Å². The van der Waals surface area contributed by atoms with Crippen molar-refractivity contribution < 1.29 is 38.9 Å². The molecule has 0 spiro atoms. The number of ether oxygens (including phenoxy) is 2. The minimum absolute atomic E-state index is 0.222. The number of carbonyl (C=O) groups excluding carboxylic acids is 2. The molecule has 10 nitrogen and oxygen atoms in total. The molecule has 2 N–H and O–H groups in total. The molecule has 0 aliphatic carbocycles. The number of hydrogen-bond acceptors (Lipinski definition) is 6. The predicted octanol–water partition coefficient (Wildman–Crippen LogP) is 3.09. The molecule has 0 fully saturated rings. The van der Waals surface area contributed by atoms with Crippen LogP contribution in [0.1, 0.15) is 52.8 Å². The second-order valence-corrected chi connectivity index (χ2v) is 8.27. The lowest BCUT2D eigenvalue weighted by Crippen LogP contribution is -2.42. The molecule has 0 heterocycles. The van der Waals surface area contributed by atoms with Gasteiger partial charge in [-0.05, 0) is 43.2 Å². The maximum absolute atomic E-state index is 11.8. The summed E-state index contributed by atoms with van der Waals surface area (Å²) in [6.07, 6.45) is 6.46. The van der Waals surface area contributed by atoms with Crippen LogP contribution in [-0.4, -0.2) is 90.3 Å². The van der Waals surface area contributed by atoms with Gasteiger partial charge in [0.2, 0.25) is 11.8 Å². The Morgan fingerprint density at radius 1 is 0.833 bits per heavy atom. The van der Waals surface area contributed by atoms with Crippen molar-refractivity contribution in [3.63, 3.8) is 0 Å². The van der Waals surface area contributed by atoms with Crippen molar-refractivity contribution in [1.29, 1.82) is 0 Å². The lowest BCUT2D eigenvalue weighted by Gasteiger charge is -2.27. The van der Waals surface area contributed by atoms with E-state index >= 15 is 0 Å². The number of carbonyl (C=O) groups is 4. The fourth-order valence-corrected chi connectivity index (χ4v) is 3.42. The Morgan fingerprint density at radius 3 is 1.83 bits per heavy atom. The molecule has 1 rings (SSSR count). The van der Waals surface area contributed by atoms with Crippen LogP contribution in [0.3, 0.4) is 0 Å². The minimum atomic E-state index is -1.32. The molecule has 0 aliphatic heterocycles. The maximum atomic E-state index is 11.8. The number of nitrogens with zero attached hydrogens (tertiary/aromatic N) is 2. The van der Waals surface area contributed by atoms with Crippen molar-refractivity contribution in [3.8, 4) is 5.75 Å². The molecule has 0 aromatic heterocycles. The summed E-state index contributed by atoms with van der Waals surface area (Å²) >= 11 is 0. The first-order valence-electron chi connectivity index (χ1n) is 11.7. The fraction of sp³-hybridized carbons (Fsp3) is 0.462. The third-order valence-corrected chi connectivity index (χ3v) is 5.42. The molecule has 0 saturated carbocycles. The van der Waals surface area contributed by atoms with Crippen molar-refractivity contribution in [2.24, 2.45) is 0 Å². The van der Waals surface area contributed by atoms with Gasteiger partial charge in [0.05, 0.1) is 23.8 Å². The predicted molar refractivity (Wildman–Crippen MR) is 134 cm³/mol. The topological polar surface area (TPSA) is 134 Å². The van der Waals surface area contributed by atoms with E-state index in [2.05, 4.69) is 13.2 Å². The maximum Gasteiger partial charge on any atom is 0.336 e. The first kappa shape index (κ1) is 30.4. The van der Waals surface area contributed by atoms with Crippen molar-refractivity contribution in [2.45, 2.75) is 38.2 Å². The summed E-state index contributed by atoms with van der Waals surface area (Å²) in [6, 6.07) is 3.90. The smallest absolute Gasteiger partial charge is 0.336 e. The Kier molecular flexibility index (Phi) is 13.6. The number of aromatic carboxylic acids is 2. The van der Waals surface area contributed by atoms with Gasteiger partial charge in [0, 0.05) is 33.8 Å². The van der Waals surface area contributed by atoms with Gasteiger partial charge in [-0.1, -0.05) is 32.4 Å². The SMILES string of the molecule is C=CC(=O)N(C)CC(CN(C)C(=O)C=C)OCCCCCCCOc1ccc(C(=O)O)c(C(=O)O)c1. The van der Waals surface area contributed by atoms with Crippen molar-refractivity contribution in [3.05, 3.63) is 54.6 Å². The van der Waals surface area contributed by atoms with Gasteiger partial charge in [-0.3, -0.25) is 9.59 Å². The van der Waals surface area contributed by atoms with Gasteiger partial charge in [-0.15, -0.1) is 0 Å². The Morgan fingerprint density at radius 2 is 1.33 bits per heavy atom. The molecule has 36 heavy (non-hydrogen) atoms. The molecule has 0 radical (unpaired) electrons. The number of carboxylic acids is 2. The summed E-state index contributed by atoms with van der Waals surface area (Å²) in [5.74, 6) is -2.75. The van der Waals surface area contributed by atoms with E-state index in [1.165, 1.54) is 40.2 Å². The van der Waals surface area contributed by atoms with Crippen molar-refractivity contribution in [1.82, 2.24) is 9.80 Å². The van der Waals surface area contributed by atoms with Crippen LogP contribution in [0, 0.1) is 0 Å². The zero-order valence-corrected chi connectivity index (χ0v) is 21.0. The number of likely N-dealkylation sites (N-methyl/N-ethyl adjacent to an activating group) is 2. The van der Waals surface area contributed by atoms with Gasteiger partial charge in [-0.2, -0.15) is 0 Å². The number of hydrogen-bond donors (Lipinski definition) is 2. The summed E-state index contributed by atoms with van der Waals surface area (Å²) in [6.45, 7) is 8.49. The summed E-state index contributed by atoms with van der Waals surface area (Å²) in [5, 5.41) is 18.2. The minimum Gasteiger partial charge on any atom is -0.494 e. The van der Waals surface area contributed by atoms with E-state index in [1.54, 1.807) is 14.1 Å². The Bertz CT molecular complexity index is 903. The zero-order valence-electron chi connectivity index (χ0n) is 21.0. The molecule has 10 heteroatoms. The van der Waals surface area contributed by atoms with E-state index in [1.807, 2.05) is 0 Å². The largest absolute Gasteiger partial charge is 0.494 e. The van der Waals surface area contributed by atoms with Gasteiger partial charge in [0.25, 0.3) is 0 Å². The molecule has 0 bridgehead atoms. The highest BCUT2D eigenvalue weighted by Gasteiger charge is 2.19. The number of rotatable bonds is 18. The van der Waals surface area contributed by atoms with Gasteiger partial charge in [-0.25, -0.2) is 9.59 Å². The first-order chi connectivity index (χ1) is 17.1. The summed E-state index contributed by atoms with van der Waals surface area (Å²) in [5.41, 5.74) is -0.587. The van der Waals surface area contributed by atoms with Crippen LogP contribution in [0.5, 0.6) is 5.75 Å². The highest BCUT2D eigenvalue weighted by Crippen LogP contribution is 2.19. The average molecular weight is 505 g/mol. The average Bonchev–Trinajstić information content (AvgIpc) is 2.85. The lowest BCUT2D eigenvalue weighted by molar-refractivity contribution is -0.129. The number of amides is 2. The highest BCUT2D eigenvalue weighted by atomic mass is 16.5. The molecule has 0 atom stereocenters. The van der Waals surface area contributed by atoms with Crippen LogP contribution in [0.25, 0.3) is 0 Å².